The van der Waals surface area contributed by atoms with E-state index in [1.165, 1.54) is 53.5 Å². The highest BCUT2D eigenvalue weighted by molar-refractivity contribution is 14.2. The monoisotopic (exact) mass is 518 g/mol. The third-order valence-corrected chi connectivity index (χ3v) is 5.50. The standard InChI is InChI=1S/C17H15IN2O5S2/c1-24-13-5-8-16(25-2)15(11-13)20-27(22,23)14-6-3-12(4-7-14)19-17(21)9-10-26-18/h3-8,11,20H,1-2H3,(H,19,21). The second-order valence-corrected chi connectivity index (χ2v) is 8.32. The average Bonchev–Trinajstić information content (AvgIpc) is 2.66. The Labute approximate surface area is 173 Å². The van der Waals surface area contributed by atoms with Crippen LogP contribution in [0.25, 0.3) is 0 Å². The summed E-state index contributed by atoms with van der Waals surface area (Å²) >= 11 is 1.96. The van der Waals surface area contributed by atoms with Gasteiger partial charge in [-0.3, -0.25) is 9.52 Å². The molecule has 0 bridgehead atoms. The third-order valence-electron chi connectivity index (χ3n) is 3.28. The van der Waals surface area contributed by atoms with Crippen LogP contribution in [0.4, 0.5) is 11.4 Å². The predicted molar refractivity (Wildman–Crippen MR) is 115 cm³/mol. The molecular weight excluding hydrogens is 503 g/mol. The lowest BCUT2D eigenvalue weighted by molar-refractivity contribution is -0.111. The topological polar surface area (TPSA) is 93.7 Å². The molecule has 7 nitrogen and oxygen atoms in total. The van der Waals surface area contributed by atoms with E-state index in [1.54, 1.807) is 12.1 Å². The van der Waals surface area contributed by atoms with Gasteiger partial charge in [-0.05, 0) is 50.6 Å². The molecule has 2 N–H and O–H groups in total. The Morgan fingerprint density at radius 2 is 1.81 bits per heavy atom. The lowest BCUT2D eigenvalue weighted by Crippen LogP contribution is -2.14. The van der Waals surface area contributed by atoms with E-state index in [0.717, 1.165) is 0 Å². The highest BCUT2D eigenvalue weighted by Crippen LogP contribution is 2.31. The van der Waals surface area contributed by atoms with E-state index in [4.69, 9.17) is 9.47 Å². The molecule has 27 heavy (non-hydrogen) atoms. The molecule has 0 unspecified atom stereocenters. The van der Waals surface area contributed by atoms with Crippen LogP contribution in [0.3, 0.4) is 0 Å². The molecule has 0 aliphatic carbocycles. The van der Waals surface area contributed by atoms with Crippen LogP contribution in [0.1, 0.15) is 0 Å². The molecule has 1 amide bonds. The highest BCUT2D eigenvalue weighted by Gasteiger charge is 2.17. The Morgan fingerprint density at radius 1 is 1.11 bits per heavy atom. The van der Waals surface area contributed by atoms with E-state index in [9.17, 15) is 13.2 Å². The zero-order valence-corrected chi connectivity index (χ0v) is 18.1. The Kier molecular flexibility index (Phi) is 7.64. The maximum Gasteiger partial charge on any atom is 0.301 e. The summed E-state index contributed by atoms with van der Waals surface area (Å²) in [6, 6.07) is 10.5. The number of rotatable bonds is 6. The summed E-state index contributed by atoms with van der Waals surface area (Å²) in [6.45, 7) is 0. The van der Waals surface area contributed by atoms with Crippen molar-refractivity contribution in [3.8, 4) is 22.7 Å². The van der Waals surface area contributed by atoms with Gasteiger partial charge < -0.3 is 14.8 Å². The molecule has 142 valence electrons. The van der Waals surface area contributed by atoms with Crippen LogP contribution >= 0.6 is 30.1 Å². The number of hydrogen-bond donors (Lipinski definition) is 2. The van der Waals surface area contributed by atoms with Gasteiger partial charge in [0.1, 0.15) is 11.5 Å². The molecule has 0 saturated carbocycles. The highest BCUT2D eigenvalue weighted by atomic mass is 127. The molecule has 10 heteroatoms. The molecule has 2 aromatic carbocycles. The molecule has 0 aliphatic heterocycles. The van der Waals surface area contributed by atoms with E-state index in [0.29, 0.717) is 17.2 Å². The number of sulfonamides is 1. The Morgan fingerprint density at radius 3 is 2.41 bits per heavy atom. The second-order valence-electron chi connectivity index (χ2n) is 4.95. The summed E-state index contributed by atoms with van der Waals surface area (Å²) in [5.74, 6) is 2.74. The zero-order chi connectivity index (χ0) is 19.9. The summed E-state index contributed by atoms with van der Waals surface area (Å²) in [5, 5.41) is 5.12. The fourth-order valence-corrected chi connectivity index (χ4v) is 3.57. The molecule has 0 saturated heterocycles. The smallest absolute Gasteiger partial charge is 0.301 e. The minimum atomic E-state index is -3.86. The van der Waals surface area contributed by atoms with Crippen LogP contribution in [-0.4, -0.2) is 28.5 Å². The number of benzene rings is 2. The quantitative estimate of drug-likeness (QED) is 0.450. The number of carbonyl (C=O) groups excluding carboxylic acids is 1. The fourth-order valence-electron chi connectivity index (χ4n) is 2.04. The molecule has 0 fully saturated rings. The van der Waals surface area contributed by atoms with Crippen molar-refractivity contribution in [2.75, 3.05) is 24.3 Å². The maximum absolute atomic E-state index is 12.6. The van der Waals surface area contributed by atoms with Crippen molar-refractivity contribution >= 4 is 57.4 Å². The molecule has 0 aliphatic rings. The van der Waals surface area contributed by atoms with E-state index in [2.05, 4.69) is 21.2 Å². The van der Waals surface area contributed by atoms with E-state index in [-0.39, 0.29) is 10.6 Å². The molecule has 0 aromatic heterocycles. The van der Waals surface area contributed by atoms with Gasteiger partial charge in [0.25, 0.3) is 10.0 Å². The molecule has 0 radical (unpaired) electrons. The SMILES string of the molecule is COc1ccc(OC)c(NS(=O)(=O)c2ccc(NC(=O)C#CSI)cc2)c1. The van der Waals surface area contributed by atoms with Gasteiger partial charge in [-0.25, -0.2) is 8.42 Å². The van der Waals surface area contributed by atoms with E-state index >= 15 is 0 Å². The summed E-state index contributed by atoms with van der Waals surface area (Å²) in [6.07, 6.45) is 0. The van der Waals surface area contributed by atoms with Crippen LogP contribution < -0.4 is 19.5 Å². The van der Waals surface area contributed by atoms with Gasteiger partial charge >= 0.3 is 5.91 Å². The van der Waals surface area contributed by atoms with Gasteiger partial charge in [0, 0.05) is 38.9 Å². The van der Waals surface area contributed by atoms with Crippen LogP contribution in [-0.2, 0) is 14.8 Å². The van der Waals surface area contributed by atoms with Crippen molar-refractivity contribution in [3.63, 3.8) is 0 Å². The van der Waals surface area contributed by atoms with Gasteiger partial charge in [-0.15, -0.1) is 0 Å². The van der Waals surface area contributed by atoms with E-state index in [1.807, 2.05) is 21.2 Å². The summed E-state index contributed by atoms with van der Waals surface area (Å²) in [4.78, 5) is 11.6. The largest absolute Gasteiger partial charge is 0.497 e. The number of halogens is 1. The summed E-state index contributed by atoms with van der Waals surface area (Å²) in [7, 11) is 0.257. The predicted octanol–water partition coefficient (Wildman–Crippen LogP) is 3.49. The molecule has 0 atom stereocenters. The molecule has 2 rings (SSSR count). The Balaban J connectivity index is 2.21. The first-order chi connectivity index (χ1) is 12.9. The number of amides is 1. The lowest BCUT2D eigenvalue weighted by atomic mass is 10.3. The summed E-state index contributed by atoms with van der Waals surface area (Å²) < 4.78 is 38.0. The molecule has 0 heterocycles. The summed E-state index contributed by atoms with van der Waals surface area (Å²) in [5.41, 5.74) is 0.687. The minimum absolute atomic E-state index is 0.0271. The number of hydrogen-bond acceptors (Lipinski definition) is 6. The zero-order valence-electron chi connectivity index (χ0n) is 14.3. The third kappa shape index (κ3) is 5.95. The van der Waals surface area contributed by atoms with E-state index < -0.39 is 15.9 Å². The van der Waals surface area contributed by atoms with Crippen molar-refractivity contribution in [1.29, 1.82) is 0 Å². The average molecular weight is 518 g/mol. The van der Waals surface area contributed by atoms with Crippen molar-refractivity contribution in [1.82, 2.24) is 0 Å². The number of methoxy groups -OCH3 is 2. The second kappa shape index (κ2) is 9.72. The van der Waals surface area contributed by atoms with Crippen molar-refractivity contribution in [2.24, 2.45) is 0 Å². The van der Waals surface area contributed by atoms with Crippen molar-refractivity contribution in [2.45, 2.75) is 4.90 Å². The van der Waals surface area contributed by atoms with Gasteiger partial charge in [-0.1, -0.05) is 0 Å². The minimum Gasteiger partial charge on any atom is -0.497 e. The number of anilines is 2. The molecular formula is C17H15IN2O5S2. The van der Waals surface area contributed by atoms with Crippen molar-refractivity contribution in [3.05, 3.63) is 42.5 Å². The van der Waals surface area contributed by atoms with Crippen LogP contribution in [0.5, 0.6) is 11.5 Å². The molecule has 2 aromatic rings. The maximum atomic E-state index is 12.6. The number of nitrogens with one attached hydrogen (secondary N) is 2. The van der Waals surface area contributed by atoms with Crippen molar-refractivity contribution < 1.29 is 22.7 Å². The van der Waals surface area contributed by atoms with Gasteiger partial charge in [0.15, 0.2) is 0 Å². The number of carbonyl (C=O) groups is 1. The Hall–Kier alpha value is -2.10. The first kappa shape index (κ1) is 21.2. The first-order valence-corrected chi connectivity index (χ1v) is 12.2. The first-order valence-electron chi connectivity index (χ1n) is 7.34. The van der Waals surface area contributed by atoms with Crippen LogP contribution in [0.2, 0.25) is 0 Å². The molecule has 0 spiro atoms. The van der Waals surface area contributed by atoms with Crippen LogP contribution in [0.15, 0.2) is 47.4 Å². The normalized spacial score (nSPS) is 10.3. The fraction of sp³-hybridized carbons (Fsp3) is 0.118. The number of ether oxygens (including phenoxy) is 2. The Bertz CT molecular complexity index is 983. The van der Waals surface area contributed by atoms with Gasteiger partial charge in [0.2, 0.25) is 0 Å². The van der Waals surface area contributed by atoms with Crippen LogP contribution in [0, 0.1) is 11.2 Å². The van der Waals surface area contributed by atoms with Gasteiger partial charge in [-0.2, -0.15) is 0 Å². The lowest BCUT2D eigenvalue weighted by Gasteiger charge is -2.13. The van der Waals surface area contributed by atoms with Gasteiger partial charge in [0.05, 0.1) is 24.8 Å².